The number of fused-ring (bicyclic) bond motifs is 4. The van der Waals surface area contributed by atoms with Gasteiger partial charge in [-0.15, -0.1) is 15.3 Å². The molecule has 0 saturated carbocycles. The minimum absolute atomic E-state index is 0.274. The van der Waals surface area contributed by atoms with Crippen LogP contribution in [0.5, 0.6) is 11.5 Å². The van der Waals surface area contributed by atoms with Crippen LogP contribution < -0.4 is 39.2 Å². The van der Waals surface area contributed by atoms with Gasteiger partial charge in [0.1, 0.15) is 46.2 Å². The Labute approximate surface area is 675 Å². The fraction of sp³-hybridized carbons (Fsp3) is 0.282. The van der Waals surface area contributed by atoms with E-state index in [4.69, 9.17) is 61.4 Å². The van der Waals surface area contributed by atoms with E-state index in [9.17, 15) is 10.2 Å². The fourth-order valence-corrected chi connectivity index (χ4v) is 14.2. The molecule has 36 heteroatoms. The van der Waals surface area contributed by atoms with Gasteiger partial charge in [0.05, 0.1) is 69.1 Å². The summed E-state index contributed by atoms with van der Waals surface area (Å²) in [4.78, 5) is 79.2. The van der Waals surface area contributed by atoms with E-state index in [2.05, 4.69) is 187 Å². The summed E-state index contributed by atoms with van der Waals surface area (Å²) in [5.74, 6) is 4.61. The SMILES string of the molecule is Cc1ccc(N2CCN(c3nc(C)c4[nH]cnc4n3)CC2)cc1.Cc1ccc(N2CCN(c3nc(C)c4ncn(-c5cc(Cl)cnn5)c4n3)CC2)cc1.Cc1nc(N2CCN(c3ccc(O)cc3)CC2)nc2c1ncn2-c1cc(Cl)cnn1.Cc1nc(N2CCN(c3ccc(O)cc3)CC2)nc2nc[nH]c12.Clc1cnnc(Cl)c1. The van der Waals surface area contributed by atoms with Crippen LogP contribution in [0.25, 0.3) is 56.3 Å². The molecule has 15 aromatic rings. The molecule has 0 unspecified atom stereocenters. The van der Waals surface area contributed by atoms with Crippen LogP contribution in [0.3, 0.4) is 0 Å². The zero-order chi connectivity index (χ0) is 78.9. The van der Waals surface area contributed by atoms with Crippen LogP contribution in [0.1, 0.15) is 33.9 Å². The number of hydrogen-bond acceptors (Lipinski definition) is 28. The van der Waals surface area contributed by atoms with Crippen LogP contribution in [0.15, 0.2) is 159 Å². The van der Waals surface area contributed by atoms with Gasteiger partial charge in [0, 0.05) is 140 Å². The second kappa shape index (κ2) is 34.6. The number of hydrogen-bond donors (Lipinski definition) is 4. The van der Waals surface area contributed by atoms with E-state index in [1.54, 1.807) is 70.8 Å². The molecule has 114 heavy (non-hydrogen) atoms. The summed E-state index contributed by atoms with van der Waals surface area (Å²) < 4.78 is 3.58. The Morgan fingerprint density at radius 2 is 0.623 bits per heavy atom. The van der Waals surface area contributed by atoms with Gasteiger partial charge in [-0.25, -0.2) is 39.9 Å². The van der Waals surface area contributed by atoms with Crippen molar-refractivity contribution in [3.63, 3.8) is 0 Å². The number of rotatable bonds is 10. The number of phenols is 2. The second-order valence-electron chi connectivity index (χ2n) is 27.5. The van der Waals surface area contributed by atoms with E-state index >= 15 is 0 Å². The Morgan fingerprint density at radius 3 is 0.939 bits per heavy atom. The smallest absolute Gasteiger partial charge is 0.227 e. The lowest BCUT2D eigenvalue weighted by atomic mass is 10.2. The molecule has 11 aromatic heterocycles. The molecular formula is C78H80Cl4N30O2. The highest BCUT2D eigenvalue weighted by molar-refractivity contribution is 6.33. The molecule has 32 nitrogen and oxygen atoms in total. The molecule has 4 fully saturated rings. The van der Waals surface area contributed by atoms with E-state index in [0.717, 1.165) is 178 Å². The Morgan fingerprint density at radius 1 is 0.325 bits per heavy atom. The minimum Gasteiger partial charge on any atom is -0.508 e. The summed E-state index contributed by atoms with van der Waals surface area (Å²) in [6, 6.07) is 37.0. The number of benzene rings is 4. The van der Waals surface area contributed by atoms with Gasteiger partial charge in [-0.1, -0.05) is 81.8 Å². The molecule has 19 rings (SSSR count). The number of aromatic hydroxyl groups is 2. The highest BCUT2D eigenvalue weighted by Crippen LogP contribution is 2.30. The molecule has 4 N–H and O–H groups in total. The quantitative estimate of drug-likeness (QED) is 0.0988. The van der Waals surface area contributed by atoms with Gasteiger partial charge in [0.25, 0.3) is 0 Å². The van der Waals surface area contributed by atoms with Crippen molar-refractivity contribution in [1.29, 1.82) is 0 Å². The molecule has 0 bridgehead atoms. The highest BCUT2D eigenvalue weighted by atomic mass is 35.5. The van der Waals surface area contributed by atoms with Crippen molar-refractivity contribution in [2.24, 2.45) is 0 Å². The van der Waals surface area contributed by atoms with Crippen LogP contribution in [-0.4, -0.2) is 224 Å². The van der Waals surface area contributed by atoms with Crippen molar-refractivity contribution in [3.05, 3.63) is 213 Å². The van der Waals surface area contributed by atoms with Crippen LogP contribution in [0.2, 0.25) is 20.2 Å². The predicted molar refractivity (Wildman–Crippen MR) is 445 cm³/mol. The third-order valence-electron chi connectivity index (χ3n) is 19.8. The van der Waals surface area contributed by atoms with Crippen LogP contribution in [0.4, 0.5) is 46.5 Å². The number of aryl methyl sites for hydroxylation is 6. The third kappa shape index (κ3) is 18.0. The van der Waals surface area contributed by atoms with E-state index in [1.807, 2.05) is 52.0 Å². The number of imidazole rings is 4. The molecule has 0 aliphatic carbocycles. The zero-order valence-corrected chi connectivity index (χ0v) is 66.3. The molecule has 582 valence electrons. The number of aromatic amines is 2. The molecular weight excluding hydrogens is 1530 g/mol. The number of H-pyrrole nitrogens is 2. The van der Waals surface area contributed by atoms with Crippen molar-refractivity contribution in [2.45, 2.75) is 41.5 Å². The summed E-state index contributed by atoms with van der Waals surface area (Å²) in [5, 5.41) is 43.8. The number of piperazine rings is 4. The molecule has 4 saturated heterocycles. The third-order valence-corrected chi connectivity index (χ3v) is 20.6. The number of nitrogens with one attached hydrogen (secondary N) is 2. The standard InChI is InChI=1S/C21H21ClN8.C20H19ClN8O.C17H20N6.C16H18N6O.C4H2Cl2N2/c1-14-3-5-17(6-4-14)28-7-9-29(10-8-28)21-25-15(2)19-20(26-21)30(13-23-19)18-11-16(22)12-24-27-18;1-13-18-19(29(12-22-18)17-10-14(21)11-23-26-17)25-20(24-13)28-8-6-27(7-9-28)15-2-4-16(30)5-3-15;1-12-3-5-14(6-4-12)22-7-9-23(10-8-22)17-20-13(2)15-16(21-17)19-11-18-15;1-11-14-15(18-10-17-14)20-16(19-11)22-8-6-21(7-9-22)12-2-4-13(23)5-3-12;5-3-1-4(6)8-7-2-3/h3-6,11-13H,7-10H2,1-2H3;2-5,10-12,30H,6-9H2,1H3;3-6,11H,7-10H2,1-2H3,(H,18,19,20,21);2-5,10,23H,6-9H2,1H3,(H,17,18,19,20);1-2H. The lowest BCUT2D eigenvalue weighted by Crippen LogP contribution is -2.47. The van der Waals surface area contributed by atoms with Crippen molar-refractivity contribution >= 4 is 138 Å². The van der Waals surface area contributed by atoms with Crippen LogP contribution in [0, 0.1) is 41.5 Å². The summed E-state index contributed by atoms with van der Waals surface area (Å²) in [6.07, 6.45) is 11.1. The van der Waals surface area contributed by atoms with Gasteiger partial charge < -0.3 is 59.4 Å². The first kappa shape index (κ1) is 76.8. The van der Waals surface area contributed by atoms with Crippen LogP contribution >= 0.6 is 46.4 Å². The Balaban J connectivity index is 0.000000117. The van der Waals surface area contributed by atoms with Crippen molar-refractivity contribution in [3.8, 4) is 23.1 Å². The Bertz CT molecular complexity index is 5430. The molecule has 4 aliphatic rings. The molecule has 0 spiro atoms. The lowest BCUT2D eigenvalue weighted by molar-refractivity contribution is 0.474. The lowest BCUT2D eigenvalue weighted by Gasteiger charge is -2.36. The van der Waals surface area contributed by atoms with Gasteiger partial charge >= 0.3 is 0 Å². The molecule has 15 heterocycles. The summed E-state index contributed by atoms with van der Waals surface area (Å²) >= 11 is 23.0. The molecule has 0 amide bonds. The molecule has 4 aromatic carbocycles. The maximum Gasteiger partial charge on any atom is 0.227 e. The van der Waals surface area contributed by atoms with Crippen molar-refractivity contribution < 1.29 is 10.2 Å². The number of phenolic OH excluding ortho intramolecular Hbond substituents is 2. The summed E-state index contributed by atoms with van der Waals surface area (Å²) in [6.45, 7) is 26.2. The van der Waals surface area contributed by atoms with Gasteiger partial charge in [0.2, 0.25) is 23.8 Å². The first-order chi connectivity index (χ1) is 55.4. The average molecular weight is 1610 g/mol. The topological polar surface area (TPSA) is 340 Å². The minimum atomic E-state index is 0.274. The first-order valence-electron chi connectivity index (χ1n) is 37.0. The van der Waals surface area contributed by atoms with E-state index < -0.39 is 0 Å². The van der Waals surface area contributed by atoms with Gasteiger partial charge in [-0.3, -0.25) is 9.13 Å². The van der Waals surface area contributed by atoms with E-state index in [-0.39, 0.29) is 5.75 Å². The van der Waals surface area contributed by atoms with Gasteiger partial charge in [-0.2, -0.15) is 35.2 Å². The average Bonchev–Trinajstić information content (AvgIpc) is 1.61. The highest BCUT2D eigenvalue weighted by Gasteiger charge is 2.27. The van der Waals surface area contributed by atoms with Crippen LogP contribution in [-0.2, 0) is 0 Å². The van der Waals surface area contributed by atoms with Gasteiger partial charge in [-0.05, 0) is 120 Å². The molecule has 4 aliphatic heterocycles. The van der Waals surface area contributed by atoms with E-state index in [1.165, 1.54) is 47.2 Å². The number of halogens is 4. The second-order valence-corrected chi connectivity index (χ2v) is 29.2. The van der Waals surface area contributed by atoms with E-state index in [0.29, 0.717) is 66.4 Å². The maximum absolute atomic E-state index is 9.49. The zero-order valence-electron chi connectivity index (χ0n) is 63.3. The molecule has 0 atom stereocenters. The largest absolute Gasteiger partial charge is 0.508 e. The first-order valence-corrected chi connectivity index (χ1v) is 38.5. The maximum atomic E-state index is 9.49. The van der Waals surface area contributed by atoms with Crippen molar-refractivity contribution in [2.75, 3.05) is 144 Å². The Hall–Kier alpha value is -12.5. The number of aromatic nitrogens is 22. The summed E-state index contributed by atoms with van der Waals surface area (Å²) in [7, 11) is 0. The normalized spacial score (nSPS) is 14.5. The summed E-state index contributed by atoms with van der Waals surface area (Å²) in [5.41, 5.74) is 17.0. The van der Waals surface area contributed by atoms with Gasteiger partial charge in [0.15, 0.2) is 39.4 Å². The fourth-order valence-electron chi connectivity index (χ4n) is 13.6. The van der Waals surface area contributed by atoms with Crippen molar-refractivity contribution in [1.82, 2.24) is 110 Å². The Kier molecular flexibility index (Phi) is 23.3. The molecule has 0 radical (unpaired) electrons. The number of anilines is 8. The number of nitrogens with zero attached hydrogens (tertiary/aromatic N) is 28. The predicted octanol–water partition coefficient (Wildman–Crippen LogP) is 11.6. The monoisotopic (exact) mass is 1610 g/mol.